The summed E-state index contributed by atoms with van der Waals surface area (Å²) in [5, 5.41) is 19.1. The molecule has 0 radical (unpaired) electrons. The summed E-state index contributed by atoms with van der Waals surface area (Å²) in [6.07, 6.45) is 0. The number of hydrogen-bond donors (Lipinski definition) is 3. The molecule has 0 unspecified atom stereocenters. The lowest BCUT2D eigenvalue weighted by Crippen LogP contribution is -1.89. The van der Waals surface area contributed by atoms with Crippen molar-refractivity contribution in [3.8, 4) is 22.6 Å². The van der Waals surface area contributed by atoms with E-state index >= 15 is 0 Å². The van der Waals surface area contributed by atoms with Crippen molar-refractivity contribution in [3.63, 3.8) is 0 Å². The average molecular weight is 215 g/mol. The van der Waals surface area contributed by atoms with Crippen molar-refractivity contribution >= 4 is 5.69 Å². The minimum Gasteiger partial charge on any atom is -0.507 e. The van der Waals surface area contributed by atoms with Gasteiger partial charge in [0.25, 0.3) is 0 Å². The van der Waals surface area contributed by atoms with Crippen LogP contribution in [0.1, 0.15) is 5.56 Å². The number of hydrogen-bond acceptors (Lipinski definition) is 3. The average Bonchev–Trinajstić information content (AvgIpc) is 2.25. The second-order valence-corrected chi connectivity index (χ2v) is 3.74. The molecule has 4 N–H and O–H groups in total. The predicted molar refractivity (Wildman–Crippen MR) is 64.4 cm³/mol. The van der Waals surface area contributed by atoms with E-state index < -0.39 is 0 Å². The maximum Gasteiger partial charge on any atom is 0.142 e. The fraction of sp³-hybridized carbons (Fsp3) is 0.0769. The molecule has 0 aliphatic carbocycles. The third kappa shape index (κ3) is 1.67. The molecule has 2 rings (SSSR count). The highest BCUT2D eigenvalue weighted by Gasteiger charge is 2.09. The Bertz CT molecular complexity index is 535. The number of aromatic hydroxyl groups is 2. The Hall–Kier alpha value is -2.16. The molecule has 0 saturated carbocycles. The molecule has 0 bridgehead atoms. The zero-order valence-electron chi connectivity index (χ0n) is 8.94. The third-order valence-corrected chi connectivity index (χ3v) is 2.58. The monoisotopic (exact) mass is 215 g/mol. The number of anilines is 1. The molecule has 0 aliphatic heterocycles. The molecule has 0 aliphatic rings. The smallest absolute Gasteiger partial charge is 0.142 e. The lowest BCUT2D eigenvalue weighted by molar-refractivity contribution is 0.453. The van der Waals surface area contributed by atoms with Crippen LogP contribution in [0.4, 0.5) is 5.69 Å². The number of phenolic OH excluding ortho intramolecular Hbond substituents is 2. The van der Waals surface area contributed by atoms with Gasteiger partial charge in [-0.3, -0.25) is 0 Å². The molecule has 3 nitrogen and oxygen atoms in total. The first-order valence-electron chi connectivity index (χ1n) is 4.97. The van der Waals surface area contributed by atoms with E-state index in [1.807, 2.05) is 31.2 Å². The van der Waals surface area contributed by atoms with Crippen LogP contribution in [0.25, 0.3) is 11.1 Å². The van der Waals surface area contributed by atoms with Gasteiger partial charge in [0.05, 0.1) is 5.69 Å². The molecular weight excluding hydrogens is 202 g/mol. The van der Waals surface area contributed by atoms with Crippen molar-refractivity contribution in [1.29, 1.82) is 0 Å². The zero-order chi connectivity index (χ0) is 11.7. The van der Waals surface area contributed by atoms with Gasteiger partial charge in [-0.1, -0.05) is 24.3 Å². The number of nitrogens with two attached hydrogens (primary N) is 1. The maximum atomic E-state index is 9.78. The molecule has 0 saturated heterocycles. The summed E-state index contributed by atoms with van der Waals surface area (Å²) < 4.78 is 0. The van der Waals surface area contributed by atoms with Crippen molar-refractivity contribution in [2.24, 2.45) is 0 Å². The molecule has 0 heterocycles. The Balaban J connectivity index is 2.65. The van der Waals surface area contributed by atoms with Crippen molar-refractivity contribution in [1.82, 2.24) is 0 Å². The quantitative estimate of drug-likeness (QED) is 0.389. The highest BCUT2D eigenvalue weighted by atomic mass is 16.3. The van der Waals surface area contributed by atoms with Gasteiger partial charge in [0.2, 0.25) is 0 Å². The number of phenols is 2. The van der Waals surface area contributed by atoms with Gasteiger partial charge in [0, 0.05) is 11.6 Å². The zero-order valence-corrected chi connectivity index (χ0v) is 8.94. The van der Waals surface area contributed by atoms with E-state index in [1.54, 1.807) is 6.07 Å². The van der Waals surface area contributed by atoms with E-state index in [9.17, 15) is 10.2 Å². The topological polar surface area (TPSA) is 66.5 Å². The van der Waals surface area contributed by atoms with Gasteiger partial charge in [0.1, 0.15) is 11.5 Å². The van der Waals surface area contributed by atoms with Gasteiger partial charge in [-0.2, -0.15) is 0 Å². The summed E-state index contributed by atoms with van der Waals surface area (Å²) in [6, 6.07) is 10.5. The van der Waals surface area contributed by atoms with Crippen LogP contribution in [0.2, 0.25) is 0 Å². The SMILES string of the molecule is Cc1ccccc1-c1cc(N)c(O)cc1O. The van der Waals surface area contributed by atoms with E-state index in [1.165, 1.54) is 6.07 Å². The molecular formula is C13H13NO2. The molecule has 0 amide bonds. The molecule has 2 aromatic carbocycles. The molecule has 0 atom stereocenters. The van der Waals surface area contributed by atoms with Crippen LogP contribution in [-0.2, 0) is 0 Å². The van der Waals surface area contributed by atoms with Crippen LogP contribution < -0.4 is 5.73 Å². The van der Waals surface area contributed by atoms with Crippen molar-refractivity contribution < 1.29 is 10.2 Å². The Kier molecular flexibility index (Phi) is 2.44. The summed E-state index contributed by atoms with van der Waals surface area (Å²) in [5.74, 6) is -0.0733. The number of benzene rings is 2. The Morgan fingerprint density at radius 1 is 0.938 bits per heavy atom. The first-order chi connectivity index (χ1) is 7.59. The van der Waals surface area contributed by atoms with Crippen LogP contribution in [0.5, 0.6) is 11.5 Å². The van der Waals surface area contributed by atoms with Crippen molar-refractivity contribution in [2.45, 2.75) is 6.92 Å². The molecule has 16 heavy (non-hydrogen) atoms. The van der Waals surface area contributed by atoms with Crippen LogP contribution in [0, 0.1) is 6.92 Å². The fourth-order valence-electron chi connectivity index (χ4n) is 1.68. The number of nitrogen functional groups attached to an aromatic ring is 1. The Morgan fingerprint density at radius 3 is 2.31 bits per heavy atom. The highest BCUT2D eigenvalue weighted by Crippen LogP contribution is 2.37. The molecule has 3 heteroatoms. The van der Waals surface area contributed by atoms with Gasteiger partial charge in [-0.25, -0.2) is 0 Å². The van der Waals surface area contributed by atoms with E-state index in [0.717, 1.165) is 11.1 Å². The Labute approximate surface area is 93.8 Å². The van der Waals surface area contributed by atoms with Gasteiger partial charge >= 0.3 is 0 Å². The summed E-state index contributed by atoms with van der Waals surface area (Å²) in [4.78, 5) is 0. The molecule has 0 spiro atoms. The predicted octanol–water partition coefficient (Wildman–Crippen LogP) is 2.66. The minimum atomic E-state index is -0.102. The Morgan fingerprint density at radius 2 is 1.62 bits per heavy atom. The van der Waals surface area contributed by atoms with Crippen LogP contribution >= 0.6 is 0 Å². The molecule has 0 aromatic heterocycles. The second kappa shape index (κ2) is 3.77. The van der Waals surface area contributed by atoms with Crippen LogP contribution in [0.3, 0.4) is 0 Å². The number of aryl methyl sites for hydroxylation is 1. The summed E-state index contributed by atoms with van der Waals surface area (Å²) in [7, 11) is 0. The van der Waals surface area contributed by atoms with Gasteiger partial charge in [0.15, 0.2) is 0 Å². The first-order valence-corrected chi connectivity index (χ1v) is 4.97. The van der Waals surface area contributed by atoms with Crippen LogP contribution in [0.15, 0.2) is 36.4 Å². The van der Waals surface area contributed by atoms with Gasteiger partial charge < -0.3 is 15.9 Å². The van der Waals surface area contributed by atoms with E-state index in [-0.39, 0.29) is 17.2 Å². The number of rotatable bonds is 1. The fourth-order valence-corrected chi connectivity index (χ4v) is 1.68. The summed E-state index contributed by atoms with van der Waals surface area (Å²) in [6.45, 7) is 1.96. The standard InChI is InChI=1S/C13H13NO2/c1-8-4-2-3-5-9(8)10-6-11(14)13(16)7-12(10)15/h2-7,15-16H,14H2,1H3. The first kappa shape index (κ1) is 10.4. The summed E-state index contributed by atoms with van der Waals surface area (Å²) in [5.41, 5.74) is 8.46. The largest absolute Gasteiger partial charge is 0.507 e. The second-order valence-electron chi connectivity index (χ2n) is 3.74. The lowest BCUT2D eigenvalue weighted by Gasteiger charge is -2.10. The molecule has 2 aromatic rings. The maximum absolute atomic E-state index is 9.78. The van der Waals surface area contributed by atoms with Crippen LogP contribution in [-0.4, -0.2) is 10.2 Å². The van der Waals surface area contributed by atoms with Crippen molar-refractivity contribution in [3.05, 3.63) is 42.0 Å². The van der Waals surface area contributed by atoms with Gasteiger partial charge in [-0.05, 0) is 24.1 Å². The normalized spacial score (nSPS) is 10.3. The van der Waals surface area contributed by atoms with E-state index in [4.69, 9.17) is 5.73 Å². The molecule has 0 fully saturated rings. The van der Waals surface area contributed by atoms with Gasteiger partial charge in [-0.15, -0.1) is 0 Å². The van der Waals surface area contributed by atoms with E-state index in [0.29, 0.717) is 5.56 Å². The van der Waals surface area contributed by atoms with Crippen molar-refractivity contribution in [2.75, 3.05) is 5.73 Å². The molecule has 82 valence electrons. The lowest BCUT2D eigenvalue weighted by atomic mass is 9.99. The third-order valence-electron chi connectivity index (χ3n) is 2.58. The summed E-state index contributed by atoms with van der Waals surface area (Å²) >= 11 is 0. The highest BCUT2D eigenvalue weighted by molar-refractivity contribution is 5.78. The van der Waals surface area contributed by atoms with E-state index in [2.05, 4.69) is 0 Å². The minimum absolute atomic E-state index is 0.0287.